The van der Waals surface area contributed by atoms with Gasteiger partial charge in [0.15, 0.2) is 5.13 Å². The molecular formula is C17H21FN2S. The summed E-state index contributed by atoms with van der Waals surface area (Å²) in [6.07, 6.45) is 2.97. The van der Waals surface area contributed by atoms with Crippen LogP contribution in [0.1, 0.15) is 32.1 Å². The van der Waals surface area contributed by atoms with Gasteiger partial charge in [-0.3, -0.25) is 0 Å². The molecule has 0 amide bonds. The Kier molecular flexibility index (Phi) is 4.78. The van der Waals surface area contributed by atoms with Gasteiger partial charge in [-0.2, -0.15) is 0 Å². The molecule has 2 rings (SSSR count). The predicted molar refractivity (Wildman–Crippen MR) is 89.5 cm³/mol. The second-order valence-corrected chi connectivity index (χ2v) is 6.56. The van der Waals surface area contributed by atoms with E-state index >= 15 is 0 Å². The third-order valence-corrected chi connectivity index (χ3v) is 4.72. The molecule has 2 nitrogen and oxygen atoms in total. The Labute approximate surface area is 129 Å². The highest BCUT2D eigenvalue weighted by Crippen LogP contribution is 2.40. The summed E-state index contributed by atoms with van der Waals surface area (Å²) in [5, 5.41) is 4.24. The minimum absolute atomic E-state index is 0.173. The lowest BCUT2D eigenvalue weighted by molar-refractivity contribution is 0.628. The van der Waals surface area contributed by atoms with Crippen LogP contribution in [0, 0.1) is 5.82 Å². The predicted octanol–water partition coefficient (Wildman–Crippen LogP) is 5.23. The zero-order valence-corrected chi connectivity index (χ0v) is 13.6. The van der Waals surface area contributed by atoms with E-state index in [1.54, 1.807) is 23.5 Å². The lowest BCUT2D eigenvalue weighted by Gasteiger charge is -2.19. The topological polar surface area (TPSA) is 24.9 Å². The van der Waals surface area contributed by atoms with Gasteiger partial charge in [0.05, 0.1) is 5.69 Å². The summed E-state index contributed by atoms with van der Waals surface area (Å²) >= 11 is 1.64. The van der Waals surface area contributed by atoms with Crippen molar-refractivity contribution in [2.75, 3.05) is 11.9 Å². The SMILES string of the molecule is C=CC(C)(C)c1sc(NCCC)nc1-c1ccc(F)cc1. The minimum Gasteiger partial charge on any atom is -0.362 e. The molecule has 0 aliphatic heterocycles. The average Bonchev–Trinajstić information content (AvgIpc) is 2.91. The van der Waals surface area contributed by atoms with Gasteiger partial charge >= 0.3 is 0 Å². The van der Waals surface area contributed by atoms with Crippen molar-refractivity contribution in [3.8, 4) is 11.3 Å². The van der Waals surface area contributed by atoms with E-state index in [1.807, 2.05) is 6.08 Å². The fraction of sp³-hybridized carbons (Fsp3) is 0.353. The second-order valence-electron chi connectivity index (χ2n) is 5.56. The normalized spacial score (nSPS) is 11.4. The number of nitrogens with zero attached hydrogens (tertiary/aromatic N) is 1. The quantitative estimate of drug-likeness (QED) is 0.739. The molecule has 1 heterocycles. The number of rotatable bonds is 6. The number of allylic oxidation sites excluding steroid dienone is 1. The molecule has 0 atom stereocenters. The standard InChI is InChI=1S/C17H21FN2S/c1-5-11-19-16-20-14(12-7-9-13(18)10-8-12)15(21-16)17(3,4)6-2/h6-10H,2,5,11H2,1,3-4H3,(H,19,20). The highest BCUT2D eigenvalue weighted by molar-refractivity contribution is 7.16. The fourth-order valence-electron chi connectivity index (χ4n) is 1.96. The first-order chi connectivity index (χ1) is 9.97. The lowest BCUT2D eigenvalue weighted by Crippen LogP contribution is -2.12. The van der Waals surface area contributed by atoms with Gasteiger partial charge in [-0.1, -0.05) is 26.8 Å². The Balaban J connectivity index is 2.49. The highest BCUT2D eigenvalue weighted by atomic mass is 32.1. The number of thiazole rings is 1. The van der Waals surface area contributed by atoms with Gasteiger partial charge in [-0.05, 0) is 30.7 Å². The van der Waals surface area contributed by atoms with Gasteiger partial charge in [0.2, 0.25) is 0 Å². The van der Waals surface area contributed by atoms with Crippen LogP contribution in [-0.2, 0) is 5.41 Å². The Morgan fingerprint density at radius 3 is 2.57 bits per heavy atom. The molecule has 0 fully saturated rings. The van der Waals surface area contributed by atoms with E-state index in [0.717, 1.165) is 34.2 Å². The first-order valence-corrected chi connectivity index (χ1v) is 7.94. The van der Waals surface area contributed by atoms with E-state index in [9.17, 15) is 4.39 Å². The average molecular weight is 304 g/mol. The van der Waals surface area contributed by atoms with E-state index < -0.39 is 0 Å². The van der Waals surface area contributed by atoms with Crippen molar-refractivity contribution in [3.05, 3.63) is 47.6 Å². The van der Waals surface area contributed by atoms with E-state index in [1.165, 1.54) is 12.1 Å². The Morgan fingerprint density at radius 1 is 1.33 bits per heavy atom. The zero-order valence-electron chi connectivity index (χ0n) is 12.7. The molecule has 0 saturated heterocycles. The number of nitrogens with one attached hydrogen (secondary N) is 1. The molecular weight excluding hydrogens is 283 g/mol. The number of halogens is 1. The van der Waals surface area contributed by atoms with Crippen LogP contribution in [0.15, 0.2) is 36.9 Å². The molecule has 21 heavy (non-hydrogen) atoms. The zero-order chi connectivity index (χ0) is 15.5. The number of anilines is 1. The summed E-state index contributed by atoms with van der Waals surface area (Å²) in [7, 11) is 0. The van der Waals surface area contributed by atoms with Gasteiger partial charge in [-0.15, -0.1) is 17.9 Å². The summed E-state index contributed by atoms with van der Waals surface area (Å²) < 4.78 is 13.1. The monoisotopic (exact) mass is 304 g/mol. The third-order valence-electron chi connectivity index (χ3n) is 3.37. The molecule has 0 bridgehead atoms. The van der Waals surface area contributed by atoms with Gasteiger partial charge in [-0.25, -0.2) is 9.37 Å². The van der Waals surface area contributed by atoms with Crippen molar-refractivity contribution >= 4 is 16.5 Å². The van der Waals surface area contributed by atoms with Crippen LogP contribution in [0.3, 0.4) is 0 Å². The third kappa shape index (κ3) is 3.50. The molecule has 1 aromatic carbocycles. The van der Waals surface area contributed by atoms with Crippen LogP contribution >= 0.6 is 11.3 Å². The maximum absolute atomic E-state index is 13.1. The summed E-state index contributed by atoms with van der Waals surface area (Å²) in [6, 6.07) is 6.49. The molecule has 0 unspecified atom stereocenters. The summed E-state index contributed by atoms with van der Waals surface area (Å²) in [6.45, 7) is 11.2. The molecule has 0 spiro atoms. The van der Waals surface area contributed by atoms with Crippen molar-refractivity contribution in [3.63, 3.8) is 0 Å². The van der Waals surface area contributed by atoms with E-state index in [2.05, 4.69) is 32.7 Å². The molecule has 2 aromatic rings. The second kappa shape index (κ2) is 6.39. The summed E-state index contributed by atoms with van der Waals surface area (Å²) in [5.41, 5.74) is 1.67. The smallest absolute Gasteiger partial charge is 0.183 e. The Morgan fingerprint density at radius 2 is 2.00 bits per heavy atom. The Hall–Kier alpha value is -1.68. The maximum atomic E-state index is 13.1. The van der Waals surface area contributed by atoms with Gasteiger partial charge in [0, 0.05) is 22.4 Å². The molecule has 1 N–H and O–H groups in total. The molecule has 112 valence electrons. The van der Waals surface area contributed by atoms with Crippen LogP contribution in [0.4, 0.5) is 9.52 Å². The van der Waals surface area contributed by atoms with E-state index in [0.29, 0.717) is 0 Å². The van der Waals surface area contributed by atoms with Crippen molar-refractivity contribution in [1.29, 1.82) is 0 Å². The van der Waals surface area contributed by atoms with Crippen molar-refractivity contribution in [2.45, 2.75) is 32.6 Å². The van der Waals surface area contributed by atoms with Gasteiger partial charge in [0.25, 0.3) is 0 Å². The molecule has 0 aliphatic carbocycles. The summed E-state index contributed by atoms with van der Waals surface area (Å²) in [5.74, 6) is -0.233. The molecule has 0 saturated carbocycles. The Bertz CT molecular complexity index is 614. The molecule has 1 aromatic heterocycles. The van der Waals surface area contributed by atoms with E-state index in [-0.39, 0.29) is 11.2 Å². The van der Waals surface area contributed by atoms with Gasteiger partial charge in [0.1, 0.15) is 5.82 Å². The number of benzene rings is 1. The minimum atomic E-state index is -0.233. The van der Waals surface area contributed by atoms with Crippen LogP contribution in [0.5, 0.6) is 0 Å². The fourth-order valence-corrected chi connectivity index (χ4v) is 3.07. The number of hydrogen-bond acceptors (Lipinski definition) is 3. The van der Waals surface area contributed by atoms with Crippen LogP contribution in [0.25, 0.3) is 11.3 Å². The van der Waals surface area contributed by atoms with Crippen molar-refractivity contribution in [2.24, 2.45) is 0 Å². The molecule has 0 aliphatic rings. The van der Waals surface area contributed by atoms with Crippen LogP contribution < -0.4 is 5.32 Å². The molecule has 0 radical (unpaired) electrons. The first-order valence-electron chi connectivity index (χ1n) is 7.12. The number of aromatic nitrogens is 1. The summed E-state index contributed by atoms with van der Waals surface area (Å²) in [4.78, 5) is 5.84. The van der Waals surface area contributed by atoms with E-state index in [4.69, 9.17) is 4.98 Å². The molecule has 4 heteroatoms. The van der Waals surface area contributed by atoms with Crippen molar-refractivity contribution in [1.82, 2.24) is 4.98 Å². The van der Waals surface area contributed by atoms with Crippen LogP contribution in [0.2, 0.25) is 0 Å². The first kappa shape index (κ1) is 15.7. The number of hydrogen-bond donors (Lipinski definition) is 1. The highest BCUT2D eigenvalue weighted by Gasteiger charge is 2.25. The van der Waals surface area contributed by atoms with Crippen LogP contribution in [-0.4, -0.2) is 11.5 Å². The van der Waals surface area contributed by atoms with Crippen molar-refractivity contribution < 1.29 is 4.39 Å². The van der Waals surface area contributed by atoms with Gasteiger partial charge < -0.3 is 5.32 Å². The lowest BCUT2D eigenvalue weighted by atomic mass is 9.89. The maximum Gasteiger partial charge on any atom is 0.183 e. The largest absolute Gasteiger partial charge is 0.362 e.